The molecule has 0 aliphatic rings. The summed E-state index contributed by atoms with van der Waals surface area (Å²) in [7, 11) is -9.90. The van der Waals surface area contributed by atoms with E-state index in [1.54, 1.807) is 0 Å². The molecule has 17 nitrogen and oxygen atoms in total. The first-order valence-corrected chi connectivity index (χ1v) is 37.7. The second-order valence-electron chi connectivity index (χ2n) is 25.9. The van der Waals surface area contributed by atoms with Crippen LogP contribution in [0.2, 0.25) is 0 Å². The van der Waals surface area contributed by atoms with Crippen LogP contribution in [0, 0.1) is 23.7 Å². The number of hydrogen-bond acceptors (Lipinski definition) is 15. The zero-order chi connectivity index (χ0) is 63.9. The van der Waals surface area contributed by atoms with Crippen LogP contribution < -0.4 is 0 Å². The number of rotatable bonds is 64. The van der Waals surface area contributed by atoms with Crippen LogP contribution in [0.15, 0.2) is 0 Å². The molecule has 3 N–H and O–H groups in total. The Morgan fingerprint density at radius 3 is 0.826 bits per heavy atom. The van der Waals surface area contributed by atoms with Crippen molar-refractivity contribution in [2.24, 2.45) is 23.7 Å². The molecule has 0 aromatic carbocycles. The minimum Gasteiger partial charge on any atom is -0.462 e. The van der Waals surface area contributed by atoms with Gasteiger partial charge in [-0.05, 0) is 49.4 Å². The van der Waals surface area contributed by atoms with Crippen LogP contribution in [-0.2, 0) is 65.4 Å². The summed E-state index contributed by atoms with van der Waals surface area (Å²) in [4.78, 5) is 72.4. The van der Waals surface area contributed by atoms with Gasteiger partial charge in [0.2, 0.25) is 0 Å². The second-order valence-corrected chi connectivity index (χ2v) is 28.8. The van der Waals surface area contributed by atoms with Gasteiger partial charge in [0.05, 0.1) is 26.4 Å². The monoisotopic (exact) mass is 1270 g/mol. The van der Waals surface area contributed by atoms with Crippen molar-refractivity contribution in [2.45, 2.75) is 343 Å². The van der Waals surface area contributed by atoms with Crippen molar-refractivity contribution in [1.82, 2.24) is 0 Å². The Morgan fingerprint density at radius 1 is 0.326 bits per heavy atom. The zero-order valence-corrected chi connectivity index (χ0v) is 57.7. The average molecular weight is 1270 g/mol. The first-order valence-electron chi connectivity index (χ1n) is 34.7. The van der Waals surface area contributed by atoms with Crippen LogP contribution in [0.5, 0.6) is 0 Å². The Kier molecular flexibility index (Phi) is 55.7. The number of carbonyl (C=O) groups excluding carboxylic acids is 4. The molecule has 4 unspecified atom stereocenters. The summed E-state index contributed by atoms with van der Waals surface area (Å²) in [5, 5.41) is 10.6. The minimum atomic E-state index is -4.95. The van der Waals surface area contributed by atoms with Crippen LogP contribution in [-0.4, -0.2) is 96.7 Å². The van der Waals surface area contributed by atoms with Gasteiger partial charge in [-0.15, -0.1) is 0 Å². The van der Waals surface area contributed by atoms with E-state index in [0.29, 0.717) is 31.6 Å². The number of aliphatic hydroxyl groups excluding tert-OH is 1. The van der Waals surface area contributed by atoms with Gasteiger partial charge in [-0.25, -0.2) is 9.13 Å². The maximum absolute atomic E-state index is 13.0. The molecule has 19 heteroatoms. The predicted octanol–water partition coefficient (Wildman–Crippen LogP) is 18.5. The standard InChI is InChI=1S/C67H130O17P2/c1-9-60(8)46-38-30-21-14-10-11-15-23-33-41-49-66(71)84-63(54-78-65(70)48-40-32-26-25-29-37-45-59(6)7)56-82-86(75,76)80-52-61(68)51-79-85(73,74)81-55-62(53-77-64(69)47-39-31-22-18-17-20-28-36-44-58(4)5)83-67(72)50-42-34-24-16-12-13-19-27-35-43-57(2)3/h57-63,68H,9-56H2,1-8H3,(H,73,74)(H,75,76)/t60?,61?,62-,63-/m1/s1. The molecule has 0 heterocycles. The molecular weight excluding hydrogens is 1140 g/mol. The maximum Gasteiger partial charge on any atom is 0.472 e. The number of esters is 4. The SMILES string of the molecule is CCC(C)CCCCCCCCCCCCC(=O)O[C@H](COC(=O)CCCCCCCCC(C)C)COP(=O)(O)OCC(O)COP(=O)(O)OC[C@@H](COC(=O)CCCCCCCCCCC(C)C)OC(=O)CCCCCCCCCCCC(C)C. The lowest BCUT2D eigenvalue weighted by Gasteiger charge is -2.21. The Bertz CT molecular complexity index is 1720. The number of ether oxygens (including phenoxy) is 4. The highest BCUT2D eigenvalue weighted by atomic mass is 31.2. The van der Waals surface area contributed by atoms with Gasteiger partial charge in [0, 0.05) is 25.7 Å². The number of unbranched alkanes of at least 4 members (excludes halogenated alkanes) is 29. The lowest BCUT2D eigenvalue weighted by molar-refractivity contribution is -0.161. The summed E-state index contributed by atoms with van der Waals surface area (Å²) in [6.07, 6.45) is 37.7. The molecule has 0 aliphatic heterocycles. The molecule has 0 aliphatic carbocycles. The fraction of sp³-hybridized carbons (Fsp3) is 0.940. The molecular formula is C67H130O17P2. The third-order valence-electron chi connectivity index (χ3n) is 15.7. The molecule has 0 spiro atoms. The van der Waals surface area contributed by atoms with Crippen molar-refractivity contribution in [2.75, 3.05) is 39.6 Å². The lowest BCUT2D eigenvalue weighted by Crippen LogP contribution is -2.30. The smallest absolute Gasteiger partial charge is 0.462 e. The summed E-state index contributed by atoms with van der Waals surface area (Å²) < 4.78 is 68.1. The molecule has 0 aromatic heterocycles. The first-order chi connectivity index (χ1) is 41.1. The highest BCUT2D eigenvalue weighted by Crippen LogP contribution is 2.45. The van der Waals surface area contributed by atoms with E-state index in [1.807, 2.05) is 0 Å². The molecule has 0 saturated heterocycles. The lowest BCUT2D eigenvalue weighted by atomic mass is 9.99. The van der Waals surface area contributed by atoms with Gasteiger partial charge in [0.1, 0.15) is 19.3 Å². The van der Waals surface area contributed by atoms with Crippen molar-refractivity contribution in [3.8, 4) is 0 Å². The molecule has 0 amide bonds. The Labute approximate surface area is 524 Å². The predicted molar refractivity (Wildman–Crippen MR) is 344 cm³/mol. The fourth-order valence-corrected chi connectivity index (χ4v) is 11.5. The van der Waals surface area contributed by atoms with Crippen molar-refractivity contribution < 1.29 is 80.2 Å². The van der Waals surface area contributed by atoms with Crippen LogP contribution in [0.3, 0.4) is 0 Å². The second kappa shape index (κ2) is 57.0. The van der Waals surface area contributed by atoms with Crippen LogP contribution >= 0.6 is 15.6 Å². The largest absolute Gasteiger partial charge is 0.472 e. The number of phosphoric acid groups is 2. The highest BCUT2D eigenvalue weighted by Gasteiger charge is 2.30. The molecule has 0 fully saturated rings. The van der Waals surface area contributed by atoms with E-state index in [-0.39, 0.29) is 25.7 Å². The van der Waals surface area contributed by atoms with Gasteiger partial charge in [0.25, 0.3) is 0 Å². The van der Waals surface area contributed by atoms with Crippen LogP contribution in [0.1, 0.15) is 325 Å². The third-order valence-corrected chi connectivity index (χ3v) is 17.6. The average Bonchev–Trinajstić information content (AvgIpc) is 3.66. The van der Waals surface area contributed by atoms with Crippen molar-refractivity contribution in [1.29, 1.82) is 0 Å². The number of carbonyl (C=O) groups is 4. The van der Waals surface area contributed by atoms with E-state index in [4.69, 9.17) is 37.0 Å². The van der Waals surface area contributed by atoms with E-state index in [9.17, 15) is 43.2 Å². The fourth-order valence-electron chi connectivity index (χ4n) is 9.93. The Morgan fingerprint density at radius 2 is 0.558 bits per heavy atom. The van der Waals surface area contributed by atoms with Crippen LogP contribution in [0.25, 0.3) is 0 Å². The molecule has 0 rings (SSSR count). The molecule has 0 saturated carbocycles. The number of hydrogen-bond donors (Lipinski definition) is 3. The number of aliphatic hydroxyl groups is 1. The van der Waals surface area contributed by atoms with Gasteiger partial charge >= 0.3 is 39.5 Å². The quantitative estimate of drug-likeness (QED) is 0.0222. The van der Waals surface area contributed by atoms with Gasteiger partial charge in [-0.2, -0.15) is 0 Å². The first kappa shape index (κ1) is 84.1. The van der Waals surface area contributed by atoms with Crippen molar-refractivity contribution >= 4 is 39.5 Å². The third kappa shape index (κ3) is 59.7. The van der Waals surface area contributed by atoms with E-state index in [2.05, 4.69) is 55.4 Å². The molecule has 510 valence electrons. The number of phosphoric ester groups is 2. The minimum absolute atomic E-state index is 0.104. The summed E-state index contributed by atoms with van der Waals surface area (Å²) in [5.41, 5.74) is 0. The molecule has 0 aromatic rings. The summed E-state index contributed by atoms with van der Waals surface area (Å²) in [6.45, 7) is 14.0. The maximum atomic E-state index is 13.0. The van der Waals surface area contributed by atoms with Crippen LogP contribution in [0.4, 0.5) is 0 Å². The van der Waals surface area contributed by atoms with E-state index in [1.165, 1.54) is 122 Å². The molecule has 0 radical (unpaired) electrons. The summed E-state index contributed by atoms with van der Waals surface area (Å²) >= 11 is 0. The van der Waals surface area contributed by atoms with Crippen molar-refractivity contribution in [3.63, 3.8) is 0 Å². The van der Waals surface area contributed by atoms with E-state index < -0.39 is 97.5 Å². The summed E-state index contributed by atoms with van der Waals surface area (Å²) in [5.74, 6) is 0.809. The van der Waals surface area contributed by atoms with Gasteiger partial charge in [0.15, 0.2) is 12.2 Å². The zero-order valence-electron chi connectivity index (χ0n) is 55.9. The Hall–Kier alpha value is -1.94. The molecule has 86 heavy (non-hydrogen) atoms. The highest BCUT2D eigenvalue weighted by molar-refractivity contribution is 7.47. The molecule has 0 bridgehead atoms. The van der Waals surface area contributed by atoms with E-state index in [0.717, 1.165) is 114 Å². The summed E-state index contributed by atoms with van der Waals surface area (Å²) in [6, 6.07) is 0. The topological polar surface area (TPSA) is 237 Å². The van der Waals surface area contributed by atoms with Gasteiger partial charge in [-0.1, -0.05) is 274 Å². The van der Waals surface area contributed by atoms with Gasteiger partial charge < -0.3 is 33.8 Å². The van der Waals surface area contributed by atoms with Gasteiger partial charge in [-0.3, -0.25) is 37.3 Å². The molecule has 6 atom stereocenters. The van der Waals surface area contributed by atoms with E-state index >= 15 is 0 Å². The van der Waals surface area contributed by atoms with Crippen molar-refractivity contribution in [3.05, 3.63) is 0 Å². The normalized spacial score (nSPS) is 14.7. The Balaban J connectivity index is 5.25.